The number of benzene rings is 2. The molecule has 4 aliphatic rings. The normalized spacial score (nSPS) is 23.9. The lowest BCUT2D eigenvalue weighted by Crippen LogP contribution is -2.56. The smallest absolute Gasteiger partial charge is 0.251 e. The predicted molar refractivity (Wildman–Crippen MR) is 168 cm³/mol. The van der Waals surface area contributed by atoms with Crippen LogP contribution in [0.2, 0.25) is 0 Å². The molecule has 4 fully saturated rings. The number of piperazine rings is 1. The Morgan fingerprint density at radius 3 is 2.57 bits per heavy atom. The molecule has 0 radical (unpaired) electrons. The van der Waals surface area contributed by atoms with Gasteiger partial charge in [0.25, 0.3) is 5.91 Å². The second kappa shape index (κ2) is 13.5. The molecule has 0 spiro atoms. The van der Waals surface area contributed by atoms with E-state index in [9.17, 15) is 10.1 Å². The molecule has 0 saturated carbocycles. The van der Waals surface area contributed by atoms with Crippen LogP contribution in [-0.2, 0) is 14.3 Å². The maximum Gasteiger partial charge on any atom is 0.251 e. The third-order valence-electron chi connectivity index (χ3n) is 9.15. The first kappa shape index (κ1) is 30.3. The highest BCUT2D eigenvalue weighted by Gasteiger charge is 2.37. The number of halogens is 1. The van der Waals surface area contributed by atoms with Crippen molar-refractivity contribution in [2.24, 2.45) is 0 Å². The lowest BCUT2D eigenvalue weighted by atomic mass is 10.0. The van der Waals surface area contributed by atoms with Crippen molar-refractivity contribution in [2.75, 3.05) is 69.3 Å². The Labute approximate surface area is 267 Å². The summed E-state index contributed by atoms with van der Waals surface area (Å²) in [4.78, 5) is 32.2. The molecule has 1 amide bonds. The first-order valence-corrected chi connectivity index (χ1v) is 15.9. The highest BCUT2D eigenvalue weighted by atomic mass is 19.1. The largest absolute Gasteiger partial charge is 0.486 e. The average molecular weight is 629 g/mol. The van der Waals surface area contributed by atoms with Crippen LogP contribution >= 0.6 is 0 Å². The summed E-state index contributed by atoms with van der Waals surface area (Å²) in [6, 6.07) is 15.9. The number of nitrogens with zero attached hydrogens (tertiary/aromatic N) is 7. The van der Waals surface area contributed by atoms with E-state index in [1.165, 1.54) is 16.9 Å². The summed E-state index contributed by atoms with van der Waals surface area (Å²) in [5, 5.41) is 13.1. The molecule has 2 aromatic carbocycles. The van der Waals surface area contributed by atoms with Crippen LogP contribution in [-0.4, -0.2) is 114 Å². The second-order valence-corrected chi connectivity index (χ2v) is 12.1. The van der Waals surface area contributed by atoms with Gasteiger partial charge >= 0.3 is 0 Å². The van der Waals surface area contributed by atoms with Crippen molar-refractivity contribution in [3.63, 3.8) is 0 Å². The van der Waals surface area contributed by atoms with Crippen LogP contribution in [0.25, 0.3) is 11.4 Å². The number of ether oxygens (including phenoxy) is 3. The number of rotatable bonds is 8. The van der Waals surface area contributed by atoms with Gasteiger partial charge in [-0.2, -0.15) is 10.2 Å². The summed E-state index contributed by atoms with van der Waals surface area (Å²) in [6.07, 6.45) is 0.634. The van der Waals surface area contributed by atoms with E-state index in [1.807, 2.05) is 12.1 Å². The van der Waals surface area contributed by atoms with Crippen molar-refractivity contribution in [3.8, 4) is 23.2 Å². The number of alkyl halides is 1. The molecule has 0 bridgehead atoms. The molecular weight excluding hydrogens is 591 g/mol. The summed E-state index contributed by atoms with van der Waals surface area (Å²) in [6.45, 7) is 6.63. The summed E-state index contributed by atoms with van der Waals surface area (Å²) in [7, 11) is 0. The highest BCUT2D eigenvalue weighted by Crippen LogP contribution is 2.29. The fourth-order valence-electron chi connectivity index (χ4n) is 6.37. The molecule has 7 rings (SSSR count). The van der Waals surface area contributed by atoms with Crippen molar-refractivity contribution in [1.82, 2.24) is 24.8 Å². The SMILES string of the molecule is N#Cc1cc(-c2ncnc(Nc3ccc(N4CCN(C5COC5)CC4)cc3)n2)ccc1O[C@H]1CCN(C(=O)[C@H]2CCCO2)C[C@@H]1F. The van der Waals surface area contributed by atoms with E-state index in [2.05, 4.69) is 48.3 Å². The molecule has 240 valence electrons. The van der Waals surface area contributed by atoms with Crippen LogP contribution in [0, 0.1) is 11.3 Å². The molecule has 12 nitrogen and oxygen atoms in total. The zero-order valence-corrected chi connectivity index (χ0v) is 25.6. The molecule has 4 saturated heterocycles. The highest BCUT2D eigenvalue weighted by molar-refractivity contribution is 5.81. The van der Waals surface area contributed by atoms with Crippen molar-refractivity contribution in [1.29, 1.82) is 5.26 Å². The van der Waals surface area contributed by atoms with Gasteiger partial charge in [-0.05, 0) is 55.3 Å². The zero-order valence-electron chi connectivity index (χ0n) is 25.6. The number of hydrogen-bond acceptors (Lipinski definition) is 11. The van der Waals surface area contributed by atoms with Gasteiger partial charge in [-0.25, -0.2) is 14.4 Å². The van der Waals surface area contributed by atoms with Crippen LogP contribution < -0.4 is 15.0 Å². The minimum atomic E-state index is -1.38. The number of piperidine rings is 1. The van der Waals surface area contributed by atoms with Gasteiger partial charge in [0, 0.05) is 62.7 Å². The number of aromatic nitrogens is 3. The molecule has 4 aliphatic heterocycles. The molecule has 46 heavy (non-hydrogen) atoms. The van der Waals surface area contributed by atoms with Crippen molar-refractivity contribution in [3.05, 3.63) is 54.4 Å². The van der Waals surface area contributed by atoms with E-state index in [4.69, 9.17) is 14.2 Å². The number of amides is 1. The Morgan fingerprint density at radius 1 is 1.04 bits per heavy atom. The maximum atomic E-state index is 15.1. The number of carbonyl (C=O) groups is 1. The number of likely N-dealkylation sites (tertiary alicyclic amines) is 1. The lowest BCUT2D eigenvalue weighted by Gasteiger charge is -2.43. The molecular formula is C33H37FN8O4. The number of nitrogens with one attached hydrogen (secondary N) is 1. The van der Waals surface area contributed by atoms with Gasteiger partial charge in [0.1, 0.15) is 30.4 Å². The van der Waals surface area contributed by atoms with Crippen molar-refractivity contribution >= 4 is 23.2 Å². The Balaban J connectivity index is 0.960. The van der Waals surface area contributed by atoms with Gasteiger partial charge in [-0.1, -0.05) is 0 Å². The summed E-state index contributed by atoms with van der Waals surface area (Å²) in [5.41, 5.74) is 2.87. The molecule has 3 atom stereocenters. The fourth-order valence-corrected chi connectivity index (χ4v) is 6.37. The molecule has 1 N–H and O–H groups in total. The first-order valence-electron chi connectivity index (χ1n) is 15.9. The molecule has 3 aromatic rings. The van der Waals surface area contributed by atoms with Crippen LogP contribution in [0.5, 0.6) is 5.75 Å². The van der Waals surface area contributed by atoms with Crippen molar-refractivity contribution < 1.29 is 23.4 Å². The van der Waals surface area contributed by atoms with Gasteiger partial charge in [0.05, 0.1) is 31.4 Å². The Bertz CT molecular complexity index is 1570. The van der Waals surface area contributed by atoms with Crippen LogP contribution in [0.15, 0.2) is 48.8 Å². The molecule has 5 heterocycles. The van der Waals surface area contributed by atoms with Gasteiger partial charge in [0.2, 0.25) is 5.95 Å². The Morgan fingerprint density at radius 2 is 1.87 bits per heavy atom. The monoisotopic (exact) mass is 628 g/mol. The lowest BCUT2D eigenvalue weighted by molar-refractivity contribution is -0.144. The van der Waals surface area contributed by atoms with Crippen molar-refractivity contribution in [2.45, 2.75) is 43.7 Å². The molecule has 1 aromatic heterocycles. The van der Waals surface area contributed by atoms with Crippen LogP contribution in [0.1, 0.15) is 24.8 Å². The number of nitriles is 1. The topological polar surface area (TPSA) is 129 Å². The maximum absolute atomic E-state index is 15.1. The van der Waals surface area contributed by atoms with E-state index >= 15 is 4.39 Å². The van der Waals surface area contributed by atoms with Gasteiger partial charge < -0.3 is 29.3 Å². The third kappa shape index (κ3) is 6.60. The first-order chi connectivity index (χ1) is 22.5. The summed E-state index contributed by atoms with van der Waals surface area (Å²) >= 11 is 0. The summed E-state index contributed by atoms with van der Waals surface area (Å²) < 4.78 is 31.9. The molecule has 13 heteroatoms. The standard InChI is InChI=1S/C33H37FN8O4/c34-27-18-42(32(43)30-2-1-15-45-30)10-9-29(27)46-28-8-3-22(16-23(28)17-35)31-36-21-37-33(39-31)38-24-4-6-25(7-5-24)40-11-13-41(14-12-40)26-19-44-20-26/h3-8,16,21,26-27,29-30H,1-2,9-15,18-20H2,(H,36,37,38,39)/t27-,29-,30+/m0/s1. The van der Waals surface area contributed by atoms with Gasteiger partial charge in [-0.15, -0.1) is 0 Å². The van der Waals surface area contributed by atoms with E-state index in [1.54, 1.807) is 18.2 Å². The predicted octanol–water partition coefficient (Wildman–Crippen LogP) is 3.17. The number of carbonyl (C=O) groups excluding carboxylic acids is 1. The van der Waals surface area contributed by atoms with Gasteiger partial charge in [-0.3, -0.25) is 9.69 Å². The number of hydrogen-bond donors (Lipinski definition) is 1. The summed E-state index contributed by atoms with van der Waals surface area (Å²) in [5.74, 6) is 0.880. The number of anilines is 3. The minimum Gasteiger partial charge on any atom is -0.486 e. The van der Waals surface area contributed by atoms with Crippen LogP contribution in [0.4, 0.5) is 21.7 Å². The average Bonchev–Trinajstić information content (AvgIpc) is 3.61. The fraction of sp³-hybridized carbons (Fsp3) is 0.485. The van der Waals surface area contributed by atoms with Crippen LogP contribution in [0.3, 0.4) is 0 Å². The second-order valence-electron chi connectivity index (χ2n) is 12.1. The Hall–Kier alpha value is -4.38. The van der Waals surface area contributed by atoms with E-state index in [0.29, 0.717) is 49.4 Å². The van der Waals surface area contributed by atoms with E-state index in [0.717, 1.165) is 51.5 Å². The molecule has 0 aliphatic carbocycles. The van der Waals surface area contributed by atoms with E-state index in [-0.39, 0.29) is 23.8 Å². The van der Waals surface area contributed by atoms with Gasteiger partial charge in [0.15, 0.2) is 12.0 Å². The molecule has 0 unspecified atom stereocenters. The third-order valence-corrected chi connectivity index (χ3v) is 9.15. The quantitative estimate of drug-likeness (QED) is 0.395. The minimum absolute atomic E-state index is 0.0553. The van der Waals surface area contributed by atoms with E-state index < -0.39 is 18.4 Å². The Kier molecular flexibility index (Phi) is 8.91. The zero-order chi connectivity index (χ0) is 31.5.